The molecule has 2 rings (SSSR count). The van der Waals surface area contributed by atoms with Gasteiger partial charge in [-0.25, -0.2) is 4.98 Å². The van der Waals surface area contributed by atoms with Gasteiger partial charge in [-0.05, 0) is 44.4 Å². The third kappa shape index (κ3) is 4.04. The van der Waals surface area contributed by atoms with E-state index in [0.29, 0.717) is 5.92 Å². The third-order valence-corrected chi connectivity index (χ3v) is 4.12. The fourth-order valence-corrected chi connectivity index (χ4v) is 2.75. The van der Waals surface area contributed by atoms with Crippen molar-refractivity contribution in [2.75, 3.05) is 29.9 Å². The lowest BCUT2D eigenvalue weighted by Crippen LogP contribution is -2.22. The van der Waals surface area contributed by atoms with E-state index in [0.717, 1.165) is 47.8 Å². The fraction of sp³-hybridized carbons (Fsp3) is 0.500. The van der Waals surface area contributed by atoms with Gasteiger partial charge >= 0.3 is 0 Å². The van der Waals surface area contributed by atoms with Crippen molar-refractivity contribution in [1.29, 1.82) is 0 Å². The van der Waals surface area contributed by atoms with Gasteiger partial charge in [-0.2, -0.15) is 0 Å². The zero-order valence-corrected chi connectivity index (χ0v) is 14.7. The van der Waals surface area contributed by atoms with Gasteiger partial charge in [-0.3, -0.25) is 0 Å². The average Bonchev–Trinajstić information content (AvgIpc) is 2.47. The summed E-state index contributed by atoms with van der Waals surface area (Å²) in [4.78, 5) is 7.08. The molecule has 1 heterocycles. The van der Waals surface area contributed by atoms with Gasteiger partial charge in [0.2, 0.25) is 0 Å². The predicted octanol–water partition coefficient (Wildman–Crippen LogP) is 5.19. The van der Waals surface area contributed by atoms with Gasteiger partial charge in [0.1, 0.15) is 5.82 Å². The zero-order valence-electron chi connectivity index (χ0n) is 14.0. The Balaban J connectivity index is 2.41. The Morgan fingerprint density at radius 2 is 1.91 bits per heavy atom. The summed E-state index contributed by atoms with van der Waals surface area (Å²) in [6.07, 6.45) is 1.13. The molecule has 0 saturated heterocycles. The first-order chi connectivity index (χ1) is 10.5. The minimum absolute atomic E-state index is 0.685. The van der Waals surface area contributed by atoms with Gasteiger partial charge in [0.05, 0.1) is 5.52 Å². The number of benzene rings is 1. The number of anilines is 2. The van der Waals surface area contributed by atoms with Gasteiger partial charge in [0, 0.05) is 41.8 Å². The molecule has 0 amide bonds. The summed E-state index contributed by atoms with van der Waals surface area (Å²) in [7, 11) is 0. The van der Waals surface area contributed by atoms with Crippen LogP contribution in [0.4, 0.5) is 11.5 Å². The van der Waals surface area contributed by atoms with Crippen LogP contribution in [0.25, 0.3) is 10.9 Å². The largest absolute Gasteiger partial charge is 0.371 e. The Kier molecular flexibility index (Phi) is 5.90. The molecule has 0 spiro atoms. The highest BCUT2D eigenvalue weighted by molar-refractivity contribution is 6.31. The maximum atomic E-state index is 6.14. The van der Waals surface area contributed by atoms with E-state index in [9.17, 15) is 0 Å². The zero-order chi connectivity index (χ0) is 16.1. The van der Waals surface area contributed by atoms with E-state index in [4.69, 9.17) is 16.6 Å². The van der Waals surface area contributed by atoms with Gasteiger partial charge < -0.3 is 10.2 Å². The van der Waals surface area contributed by atoms with E-state index in [1.807, 2.05) is 12.1 Å². The highest BCUT2D eigenvalue weighted by Crippen LogP contribution is 2.30. The van der Waals surface area contributed by atoms with Crippen molar-refractivity contribution < 1.29 is 0 Å². The van der Waals surface area contributed by atoms with E-state index < -0.39 is 0 Å². The fourth-order valence-electron chi connectivity index (χ4n) is 2.59. The highest BCUT2D eigenvalue weighted by atomic mass is 35.5. The van der Waals surface area contributed by atoms with Crippen LogP contribution < -0.4 is 10.2 Å². The number of hydrogen-bond donors (Lipinski definition) is 1. The van der Waals surface area contributed by atoms with Crippen LogP contribution in [0.15, 0.2) is 24.3 Å². The van der Waals surface area contributed by atoms with Crippen LogP contribution in [0, 0.1) is 5.92 Å². The summed E-state index contributed by atoms with van der Waals surface area (Å²) in [5.41, 5.74) is 2.17. The van der Waals surface area contributed by atoms with E-state index in [2.05, 4.69) is 50.0 Å². The molecule has 1 N–H and O–H groups in total. The van der Waals surface area contributed by atoms with Crippen LogP contribution in [0.3, 0.4) is 0 Å². The Bertz CT molecular complexity index is 621. The van der Waals surface area contributed by atoms with Crippen molar-refractivity contribution in [2.24, 2.45) is 5.92 Å². The summed E-state index contributed by atoms with van der Waals surface area (Å²) in [6.45, 7) is 11.7. The molecule has 0 unspecified atom stereocenters. The Morgan fingerprint density at radius 3 is 2.55 bits per heavy atom. The summed E-state index contributed by atoms with van der Waals surface area (Å²) < 4.78 is 0. The van der Waals surface area contributed by atoms with Crippen molar-refractivity contribution in [2.45, 2.75) is 34.1 Å². The first-order valence-corrected chi connectivity index (χ1v) is 8.52. The SMILES string of the molecule is CCN(CC)c1cc(NCCC(C)C)nc2cc(Cl)ccc12. The van der Waals surface area contributed by atoms with Crippen LogP contribution in [0.2, 0.25) is 5.02 Å². The van der Waals surface area contributed by atoms with Crippen molar-refractivity contribution >= 4 is 34.0 Å². The average molecular weight is 320 g/mol. The van der Waals surface area contributed by atoms with Crippen LogP contribution in [-0.2, 0) is 0 Å². The molecule has 3 nitrogen and oxygen atoms in total. The minimum Gasteiger partial charge on any atom is -0.371 e. The summed E-state index contributed by atoms with van der Waals surface area (Å²) >= 11 is 6.14. The minimum atomic E-state index is 0.685. The molecule has 0 radical (unpaired) electrons. The van der Waals surface area contributed by atoms with Crippen LogP contribution >= 0.6 is 11.6 Å². The lowest BCUT2D eigenvalue weighted by atomic mass is 10.1. The third-order valence-electron chi connectivity index (χ3n) is 3.88. The number of aromatic nitrogens is 1. The van der Waals surface area contributed by atoms with Gasteiger partial charge in [0.15, 0.2) is 0 Å². The molecule has 0 atom stereocenters. The number of hydrogen-bond acceptors (Lipinski definition) is 3. The van der Waals surface area contributed by atoms with Crippen molar-refractivity contribution in [3.8, 4) is 0 Å². The lowest BCUT2D eigenvalue weighted by Gasteiger charge is -2.23. The van der Waals surface area contributed by atoms with Crippen LogP contribution in [-0.4, -0.2) is 24.6 Å². The first kappa shape index (κ1) is 16.9. The Labute approximate surface area is 138 Å². The molecule has 22 heavy (non-hydrogen) atoms. The molecule has 1 aromatic carbocycles. The number of pyridine rings is 1. The number of nitrogens with one attached hydrogen (secondary N) is 1. The number of fused-ring (bicyclic) bond motifs is 1. The first-order valence-electron chi connectivity index (χ1n) is 8.14. The maximum Gasteiger partial charge on any atom is 0.128 e. The predicted molar refractivity (Wildman–Crippen MR) is 98.3 cm³/mol. The second-order valence-electron chi connectivity index (χ2n) is 5.97. The second kappa shape index (κ2) is 7.68. The van der Waals surface area contributed by atoms with Gasteiger partial charge in [-0.1, -0.05) is 25.4 Å². The molecule has 0 aliphatic heterocycles. The normalized spacial score (nSPS) is 11.2. The van der Waals surface area contributed by atoms with Gasteiger partial charge in [-0.15, -0.1) is 0 Å². The standard InChI is InChI=1S/C18H26ClN3/c1-5-22(6-2)17-12-18(20-10-9-13(3)4)21-16-11-14(19)7-8-15(16)17/h7-8,11-13H,5-6,9-10H2,1-4H3,(H,20,21). The molecule has 0 saturated carbocycles. The van der Waals surface area contributed by atoms with E-state index in [-0.39, 0.29) is 0 Å². The topological polar surface area (TPSA) is 28.2 Å². The molecule has 4 heteroatoms. The van der Waals surface area contributed by atoms with Crippen LogP contribution in [0.5, 0.6) is 0 Å². The van der Waals surface area contributed by atoms with Crippen molar-refractivity contribution in [3.63, 3.8) is 0 Å². The monoisotopic (exact) mass is 319 g/mol. The smallest absolute Gasteiger partial charge is 0.128 e. The second-order valence-corrected chi connectivity index (χ2v) is 6.41. The molecular formula is C18H26ClN3. The summed E-state index contributed by atoms with van der Waals surface area (Å²) in [5.74, 6) is 1.61. The lowest BCUT2D eigenvalue weighted by molar-refractivity contribution is 0.607. The van der Waals surface area contributed by atoms with E-state index in [1.165, 1.54) is 5.69 Å². The summed E-state index contributed by atoms with van der Waals surface area (Å²) in [6, 6.07) is 8.10. The van der Waals surface area contributed by atoms with E-state index in [1.54, 1.807) is 0 Å². The van der Waals surface area contributed by atoms with Crippen molar-refractivity contribution in [3.05, 3.63) is 29.3 Å². The quantitative estimate of drug-likeness (QED) is 0.761. The number of rotatable bonds is 7. The maximum absolute atomic E-state index is 6.14. The van der Waals surface area contributed by atoms with E-state index >= 15 is 0 Å². The number of nitrogens with zero attached hydrogens (tertiary/aromatic N) is 2. The Hall–Kier alpha value is -1.48. The summed E-state index contributed by atoms with van der Waals surface area (Å²) in [5, 5.41) is 5.33. The Morgan fingerprint density at radius 1 is 1.18 bits per heavy atom. The highest BCUT2D eigenvalue weighted by Gasteiger charge is 2.11. The van der Waals surface area contributed by atoms with Gasteiger partial charge in [0.25, 0.3) is 0 Å². The molecule has 2 aromatic rings. The van der Waals surface area contributed by atoms with Crippen molar-refractivity contribution in [1.82, 2.24) is 4.98 Å². The molecular weight excluding hydrogens is 294 g/mol. The molecule has 0 bridgehead atoms. The molecule has 0 fully saturated rings. The molecule has 0 aliphatic rings. The molecule has 1 aromatic heterocycles. The van der Waals surface area contributed by atoms with Crippen LogP contribution in [0.1, 0.15) is 34.1 Å². The molecule has 0 aliphatic carbocycles. The number of halogens is 1. The molecule has 120 valence electrons.